The molecule has 2 aliphatic heterocycles. The second-order valence-electron chi connectivity index (χ2n) is 11.5. The molecule has 8 heteroatoms. The van der Waals surface area contributed by atoms with Gasteiger partial charge in [-0.2, -0.15) is 0 Å². The van der Waals surface area contributed by atoms with E-state index in [0.717, 1.165) is 29.8 Å². The van der Waals surface area contributed by atoms with E-state index >= 15 is 0 Å². The summed E-state index contributed by atoms with van der Waals surface area (Å²) in [7, 11) is 0. The number of aliphatic hydroxyl groups excluding tert-OH is 1. The first-order chi connectivity index (χ1) is 22.5. The molecule has 4 aromatic carbocycles. The molecule has 0 spiro atoms. The minimum Gasteiger partial charge on any atom is -0.507 e. The molecule has 0 saturated carbocycles. The highest BCUT2D eigenvalue weighted by Crippen LogP contribution is 2.40. The molecule has 0 aliphatic carbocycles. The van der Waals surface area contributed by atoms with Crippen molar-refractivity contribution in [1.82, 2.24) is 9.80 Å². The van der Waals surface area contributed by atoms with Crippen LogP contribution in [0.1, 0.15) is 33.9 Å². The predicted molar refractivity (Wildman–Crippen MR) is 175 cm³/mol. The molecule has 0 bridgehead atoms. The third kappa shape index (κ3) is 7.14. The van der Waals surface area contributed by atoms with Gasteiger partial charge >= 0.3 is 0 Å². The molecule has 8 nitrogen and oxygen atoms in total. The highest BCUT2D eigenvalue weighted by molar-refractivity contribution is 6.46. The van der Waals surface area contributed by atoms with Crippen LogP contribution in [0.3, 0.4) is 0 Å². The normalized spacial score (nSPS) is 18.1. The van der Waals surface area contributed by atoms with Gasteiger partial charge in [0.05, 0.1) is 24.8 Å². The fourth-order valence-corrected chi connectivity index (χ4v) is 5.82. The van der Waals surface area contributed by atoms with Crippen LogP contribution >= 0.6 is 0 Å². The van der Waals surface area contributed by atoms with Crippen molar-refractivity contribution >= 4 is 17.4 Å². The Morgan fingerprint density at radius 3 is 2.11 bits per heavy atom. The number of aliphatic hydroxyl groups is 1. The van der Waals surface area contributed by atoms with Crippen LogP contribution in [0.2, 0.25) is 0 Å². The molecule has 0 radical (unpaired) electrons. The van der Waals surface area contributed by atoms with Crippen molar-refractivity contribution in [2.45, 2.75) is 26.2 Å². The molecule has 2 heterocycles. The minimum absolute atomic E-state index is 0.0681. The molecule has 1 amide bonds. The van der Waals surface area contributed by atoms with Gasteiger partial charge in [0.15, 0.2) is 0 Å². The van der Waals surface area contributed by atoms with Crippen LogP contribution in [-0.4, -0.2) is 66.0 Å². The Hall–Kier alpha value is -4.92. The van der Waals surface area contributed by atoms with E-state index in [0.29, 0.717) is 62.1 Å². The Kier molecular flexibility index (Phi) is 9.76. The van der Waals surface area contributed by atoms with Crippen LogP contribution in [0.15, 0.2) is 109 Å². The minimum atomic E-state index is -0.749. The molecule has 1 N–H and O–H groups in total. The van der Waals surface area contributed by atoms with Gasteiger partial charge in [0, 0.05) is 31.7 Å². The first-order valence-electron chi connectivity index (χ1n) is 15.6. The smallest absolute Gasteiger partial charge is 0.295 e. The lowest BCUT2D eigenvalue weighted by Crippen LogP contribution is -2.42. The van der Waals surface area contributed by atoms with Crippen LogP contribution in [0.4, 0.5) is 0 Å². The number of rotatable bonds is 11. The number of Topliss-reactive ketones (excluding diaryl/α,β-unsaturated/α-hetero) is 1. The zero-order valence-corrected chi connectivity index (χ0v) is 25.9. The molecule has 1 atom stereocenters. The molecular weight excluding hydrogens is 580 g/mol. The number of aryl methyl sites for hydroxylation is 1. The van der Waals surface area contributed by atoms with Gasteiger partial charge < -0.3 is 24.2 Å². The molecule has 2 fully saturated rings. The predicted octanol–water partition coefficient (Wildman–Crippen LogP) is 5.91. The monoisotopic (exact) mass is 618 g/mol. The van der Waals surface area contributed by atoms with Crippen molar-refractivity contribution in [2.75, 3.05) is 39.4 Å². The van der Waals surface area contributed by atoms with Gasteiger partial charge in [-0.05, 0) is 65.6 Å². The van der Waals surface area contributed by atoms with Gasteiger partial charge in [0.2, 0.25) is 0 Å². The number of morpholine rings is 1. The number of nitrogens with zero attached hydrogens (tertiary/aromatic N) is 2. The van der Waals surface area contributed by atoms with Gasteiger partial charge in [-0.3, -0.25) is 14.5 Å². The number of ether oxygens (including phenoxy) is 3. The standard InChI is InChI=1S/C38H38N2O6/c1-27-7-5-6-10-31(27)26-46-33-17-13-30(14-18-33)36(41)34-35(40(38(43)37(34)42)20-19-39-21-23-44-24-22-39)29-11-15-32(16-12-29)45-25-28-8-3-2-4-9-28/h2-18,35,41H,19-26H2,1H3/b36-34+. The number of hydrogen-bond acceptors (Lipinski definition) is 7. The number of carbonyl (C=O) groups is 2. The van der Waals surface area contributed by atoms with E-state index in [9.17, 15) is 14.7 Å². The third-order valence-corrected chi connectivity index (χ3v) is 8.53. The lowest BCUT2D eigenvalue weighted by molar-refractivity contribution is -0.140. The van der Waals surface area contributed by atoms with Crippen molar-refractivity contribution in [1.29, 1.82) is 0 Å². The fourth-order valence-electron chi connectivity index (χ4n) is 5.82. The van der Waals surface area contributed by atoms with Crippen LogP contribution in [0.5, 0.6) is 11.5 Å². The van der Waals surface area contributed by atoms with Gasteiger partial charge in [0.25, 0.3) is 11.7 Å². The average Bonchev–Trinajstić information content (AvgIpc) is 3.35. The molecule has 6 rings (SSSR count). The summed E-state index contributed by atoms with van der Waals surface area (Å²) in [5.41, 5.74) is 4.50. The Labute approximate surface area is 269 Å². The maximum absolute atomic E-state index is 13.6. The summed E-state index contributed by atoms with van der Waals surface area (Å²) < 4.78 is 17.4. The third-order valence-electron chi connectivity index (χ3n) is 8.53. The SMILES string of the molecule is Cc1ccccc1COc1ccc(/C(O)=C2\C(=O)C(=O)N(CCN3CCOCC3)C2c2ccc(OCc3ccccc3)cc2)cc1. The van der Waals surface area contributed by atoms with Gasteiger partial charge in [0.1, 0.15) is 30.5 Å². The number of carbonyl (C=O) groups excluding carboxylic acids is 2. The second-order valence-corrected chi connectivity index (χ2v) is 11.5. The van der Waals surface area contributed by atoms with Crippen LogP contribution in [0, 0.1) is 6.92 Å². The van der Waals surface area contributed by atoms with Gasteiger partial charge in [-0.1, -0.05) is 66.7 Å². The number of likely N-dealkylation sites (tertiary alicyclic amines) is 1. The van der Waals surface area contributed by atoms with Crippen LogP contribution in [-0.2, 0) is 27.5 Å². The Balaban J connectivity index is 1.25. The van der Waals surface area contributed by atoms with E-state index in [1.165, 1.54) is 0 Å². The molecule has 2 saturated heterocycles. The molecule has 236 valence electrons. The summed E-state index contributed by atoms with van der Waals surface area (Å²) in [6.07, 6.45) is 0. The number of benzene rings is 4. The van der Waals surface area contributed by atoms with E-state index in [2.05, 4.69) is 4.90 Å². The lowest BCUT2D eigenvalue weighted by atomic mass is 9.95. The lowest BCUT2D eigenvalue weighted by Gasteiger charge is -2.31. The topological polar surface area (TPSA) is 88.5 Å². The van der Waals surface area contributed by atoms with Gasteiger partial charge in [-0.25, -0.2) is 0 Å². The summed E-state index contributed by atoms with van der Waals surface area (Å²) in [6, 6.07) is 31.5. The van der Waals surface area contributed by atoms with E-state index in [1.54, 1.807) is 29.2 Å². The van der Waals surface area contributed by atoms with Crippen molar-refractivity contribution in [3.8, 4) is 11.5 Å². The van der Waals surface area contributed by atoms with E-state index in [4.69, 9.17) is 14.2 Å². The zero-order valence-electron chi connectivity index (χ0n) is 25.9. The largest absolute Gasteiger partial charge is 0.507 e. The number of ketones is 1. The Morgan fingerprint density at radius 2 is 1.41 bits per heavy atom. The van der Waals surface area contributed by atoms with Crippen LogP contribution < -0.4 is 9.47 Å². The first kappa shape index (κ1) is 31.1. The zero-order chi connectivity index (χ0) is 31.9. The molecule has 4 aromatic rings. The summed E-state index contributed by atoms with van der Waals surface area (Å²) in [6.45, 7) is 6.61. The Bertz CT molecular complexity index is 1680. The highest BCUT2D eigenvalue weighted by atomic mass is 16.5. The molecule has 0 aromatic heterocycles. The van der Waals surface area contributed by atoms with E-state index < -0.39 is 17.7 Å². The first-order valence-corrected chi connectivity index (χ1v) is 15.6. The van der Waals surface area contributed by atoms with Crippen molar-refractivity contribution < 1.29 is 28.9 Å². The van der Waals surface area contributed by atoms with Crippen molar-refractivity contribution in [3.63, 3.8) is 0 Å². The van der Waals surface area contributed by atoms with Crippen molar-refractivity contribution in [3.05, 3.63) is 137 Å². The van der Waals surface area contributed by atoms with E-state index in [-0.39, 0.29) is 11.3 Å². The molecule has 46 heavy (non-hydrogen) atoms. The summed E-state index contributed by atoms with van der Waals surface area (Å²) in [5, 5.41) is 11.6. The molecule has 2 aliphatic rings. The number of hydrogen-bond donors (Lipinski definition) is 1. The molecular formula is C38H38N2O6. The quantitative estimate of drug-likeness (QED) is 0.127. The second kappa shape index (κ2) is 14.5. The summed E-state index contributed by atoms with van der Waals surface area (Å²) in [4.78, 5) is 30.8. The maximum atomic E-state index is 13.6. The summed E-state index contributed by atoms with van der Waals surface area (Å²) in [5.74, 6) is -0.240. The highest BCUT2D eigenvalue weighted by Gasteiger charge is 2.46. The molecule has 1 unspecified atom stereocenters. The maximum Gasteiger partial charge on any atom is 0.295 e. The fraction of sp³-hybridized carbons (Fsp3) is 0.263. The van der Waals surface area contributed by atoms with Crippen molar-refractivity contribution in [2.24, 2.45) is 0 Å². The Morgan fingerprint density at radius 1 is 0.783 bits per heavy atom. The summed E-state index contributed by atoms with van der Waals surface area (Å²) >= 11 is 0. The number of amides is 1. The average molecular weight is 619 g/mol. The van der Waals surface area contributed by atoms with Gasteiger partial charge in [-0.15, -0.1) is 0 Å². The van der Waals surface area contributed by atoms with E-state index in [1.807, 2.05) is 85.8 Å². The van der Waals surface area contributed by atoms with Crippen LogP contribution in [0.25, 0.3) is 5.76 Å².